The maximum Gasteiger partial charge on any atom is 0.160 e. The van der Waals surface area contributed by atoms with Gasteiger partial charge in [0.1, 0.15) is 3.41 Å². The summed E-state index contributed by atoms with van der Waals surface area (Å²) in [4.78, 5) is 17.9. The van der Waals surface area contributed by atoms with Gasteiger partial charge >= 0.3 is 0 Å². The van der Waals surface area contributed by atoms with Gasteiger partial charge in [0.05, 0.1) is 0 Å². The van der Waals surface area contributed by atoms with E-state index in [9.17, 15) is 0 Å². The van der Waals surface area contributed by atoms with E-state index in [1.54, 1.807) is 88.5 Å². The Kier molecular flexibility index (Phi) is 11.4. The molecule has 0 amide bonds. The first-order valence-electron chi connectivity index (χ1n) is 9.01. The smallest absolute Gasteiger partial charge is 0.160 e. The molecule has 0 aliphatic heterocycles. The molecule has 0 aromatic carbocycles. The number of rotatable bonds is 14. The van der Waals surface area contributed by atoms with Crippen LogP contribution in [0, 0.1) is 5.41 Å². The molecule has 0 fully saturated rings. The van der Waals surface area contributed by atoms with Gasteiger partial charge in [0, 0.05) is 57.5 Å². The van der Waals surface area contributed by atoms with Crippen molar-refractivity contribution in [1.29, 1.82) is 0 Å². The van der Waals surface area contributed by atoms with E-state index in [2.05, 4.69) is 33.8 Å². The number of thiazole rings is 4. The van der Waals surface area contributed by atoms with E-state index in [4.69, 9.17) is 0 Å². The molecule has 33 heavy (non-hydrogen) atoms. The lowest BCUT2D eigenvalue weighted by Gasteiger charge is -2.43. The molecule has 0 spiro atoms. The SMILES string of the molecule is CC(C)(CSSc1nccs1)C(SSc1nccs1)(SSc1nccs1)SSc1nccs1. The number of hydrogen-bond donors (Lipinski definition) is 0. The fraction of sp³-hybridized carbons (Fsp3) is 0.294. The second-order valence-electron chi connectivity index (χ2n) is 6.48. The monoisotopic (exact) mass is 660 g/mol. The lowest BCUT2D eigenvalue weighted by atomic mass is 9.99. The van der Waals surface area contributed by atoms with Gasteiger partial charge in [-0.2, -0.15) is 0 Å². The molecule has 0 atom stereocenters. The van der Waals surface area contributed by atoms with E-state index in [-0.39, 0.29) is 8.83 Å². The fourth-order valence-corrected chi connectivity index (χ4v) is 21.0. The van der Waals surface area contributed by atoms with Gasteiger partial charge in [-0.25, -0.2) is 19.9 Å². The molecule has 4 heterocycles. The van der Waals surface area contributed by atoms with Crippen LogP contribution >= 0.6 is 132 Å². The Balaban J connectivity index is 1.55. The van der Waals surface area contributed by atoms with Gasteiger partial charge in [-0.15, -0.1) is 45.3 Å². The summed E-state index contributed by atoms with van der Waals surface area (Å²) in [5.41, 5.74) is -0.0410. The predicted molar refractivity (Wildman–Crippen MR) is 164 cm³/mol. The summed E-state index contributed by atoms with van der Waals surface area (Å²) in [6.45, 7) is 4.73. The third kappa shape index (κ3) is 8.15. The van der Waals surface area contributed by atoms with E-state index < -0.39 is 0 Å². The summed E-state index contributed by atoms with van der Waals surface area (Å²) in [7, 11) is 14.6. The highest BCUT2D eigenvalue weighted by Crippen LogP contribution is 2.70. The molecule has 0 radical (unpaired) electrons. The largest absolute Gasteiger partial charge is 0.237 e. The minimum absolute atomic E-state index is 0.0410. The van der Waals surface area contributed by atoms with Crippen LogP contribution in [-0.2, 0) is 0 Å². The van der Waals surface area contributed by atoms with Gasteiger partial charge in [0.15, 0.2) is 17.4 Å². The van der Waals surface area contributed by atoms with E-state index in [1.807, 2.05) is 89.5 Å². The summed E-state index contributed by atoms with van der Waals surface area (Å²) in [5.74, 6) is 0.972. The fourth-order valence-electron chi connectivity index (χ4n) is 1.97. The molecule has 0 bridgehead atoms. The molecule has 4 aromatic rings. The van der Waals surface area contributed by atoms with Gasteiger partial charge in [-0.1, -0.05) is 57.0 Å². The zero-order valence-corrected chi connectivity index (χ0v) is 26.8. The summed E-state index contributed by atoms with van der Waals surface area (Å²) < 4.78 is 4.12. The molecule has 4 rings (SSSR count). The quantitative estimate of drug-likeness (QED) is 0.0955. The number of aromatic nitrogens is 4. The van der Waals surface area contributed by atoms with Crippen molar-refractivity contribution >= 4 is 132 Å². The van der Waals surface area contributed by atoms with Crippen molar-refractivity contribution < 1.29 is 0 Å². The molecule has 0 N–H and O–H groups in total. The molecule has 0 aliphatic rings. The maximum absolute atomic E-state index is 4.51. The topological polar surface area (TPSA) is 51.6 Å². The minimum atomic E-state index is -0.202. The molecule has 0 aliphatic carbocycles. The van der Waals surface area contributed by atoms with Crippen LogP contribution in [0.3, 0.4) is 0 Å². The average molecular weight is 661 g/mol. The van der Waals surface area contributed by atoms with E-state index >= 15 is 0 Å². The maximum atomic E-state index is 4.51. The van der Waals surface area contributed by atoms with E-state index in [0.29, 0.717) is 0 Å². The normalized spacial score (nSPS) is 12.4. The second-order valence-corrected chi connectivity index (χ2v) is 21.1. The van der Waals surface area contributed by atoms with Crippen molar-refractivity contribution in [2.24, 2.45) is 5.41 Å². The number of nitrogens with zero attached hydrogens (tertiary/aromatic N) is 4. The third-order valence-corrected chi connectivity index (χ3v) is 22.9. The molecule has 176 valence electrons. The molecule has 0 unspecified atom stereocenters. The Morgan fingerprint density at radius 2 is 0.970 bits per heavy atom. The van der Waals surface area contributed by atoms with Crippen LogP contribution in [0.25, 0.3) is 0 Å². The van der Waals surface area contributed by atoms with Crippen molar-refractivity contribution in [2.75, 3.05) is 5.75 Å². The third-order valence-electron chi connectivity index (χ3n) is 3.69. The minimum Gasteiger partial charge on any atom is -0.237 e. The van der Waals surface area contributed by atoms with Gasteiger partial charge in [0.2, 0.25) is 0 Å². The molecular weight excluding hydrogens is 645 g/mol. The summed E-state index contributed by atoms with van der Waals surface area (Å²) in [6, 6.07) is 0. The molecule has 4 aromatic heterocycles. The van der Waals surface area contributed by atoms with Crippen molar-refractivity contribution in [1.82, 2.24) is 19.9 Å². The lowest BCUT2D eigenvalue weighted by molar-refractivity contribution is 0.454. The zero-order chi connectivity index (χ0) is 23.0. The van der Waals surface area contributed by atoms with Crippen LogP contribution in [0.5, 0.6) is 0 Å². The first kappa shape index (κ1) is 27.4. The van der Waals surface area contributed by atoms with Gasteiger partial charge in [0.25, 0.3) is 0 Å². The highest BCUT2D eigenvalue weighted by molar-refractivity contribution is 8.94. The standard InChI is InChI=1S/C17H16N4S12/c1-16(2,11-26-27-12-18-3-7-22-12)17(31-28-13-19-4-8-23-13,32-29-14-20-5-9-24-14)33-30-15-21-6-10-25-15/h3-10H,11H2,1-2H3. The molecule has 16 heteroatoms. The predicted octanol–water partition coefficient (Wildman–Crippen LogP) is 10.3. The molecular formula is C17H16N4S12. The molecule has 0 saturated carbocycles. The van der Waals surface area contributed by atoms with Gasteiger partial charge in [-0.3, -0.25) is 0 Å². The molecule has 0 saturated heterocycles. The van der Waals surface area contributed by atoms with Crippen molar-refractivity contribution in [3.8, 4) is 0 Å². The van der Waals surface area contributed by atoms with Crippen LogP contribution in [0.2, 0.25) is 0 Å². The van der Waals surface area contributed by atoms with Crippen LogP contribution in [-0.4, -0.2) is 29.1 Å². The second kappa shape index (κ2) is 13.7. The highest BCUT2D eigenvalue weighted by Gasteiger charge is 2.49. The van der Waals surface area contributed by atoms with Crippen LogP contribution in [0.1, 0.15) is 13.8 Å². The molecule has 4 nitrogen and oxygen atoms in total. The Morgan fingerprint density at radius 1 is 0.606 bits per heavy atom. The van der Waals surface area contributed by atoms with Crippen LogP contribution < -0.4 is 0 Å². The van der Waals surface area contributed by atoms with Crippen molar-refractivity contribution in [2.45, 2.75) is 34.6 Å². The first-order valence-corrected chi connectivity index (χ1v) is 21.3. The van der Waals surface area contributed by atoms with E-state index in [1.165, 1.54) is 0 Å². The number of hydrogen-bond acceptors (Lipinski definition) is 16. The Labute approximate surface area is 240 Å². The van der Waals surface area contributed by atoms with Crippen molar-refractivity contribution in [3.63, 3.8) is 0 Å². The summed E-state index contributed by atoms with van der Waals surface area (Å²) >= 11 is 6.74. The van der Waals surface area contributed by atoms with E-state index in [0.717, 1.165) is 23.1 Å². The summed E-state index contributed by atoms with van der Waals surface area (Å²) in [6.07, 6.45) is 7.48. The zero-order valence-electron chi connectivity index (χ0n) is 17.0. The van der Waals surface area contributed by atoms with Crippen molar-refractivity contribution in [3.05, 3.63) is 46.3 Å². The van der Waals surface area contributed by atoms with Gasteiger partial charge in [-0.05, 0) is 43.2 Å². The van der Waals surface area contributed by atoms with Crippen LogP contribution in [0.15, 0.2) is 63.7 Å². The average Bonchev–Trinajstić information content (AvgIpc) is 3.62. The Bertz CT molecular complexity index is 941. The Morgan fingerprint density at radius 3 is 1.30 bits per heavy atom. The van der Waals surface area contributed by atoms with Crippen LogP contribution in [0.4, 0.5) is 0 Å². The summed E-state index contributed by atoms with van der Waals surface area (Å²) in [5, 5.41) is 8.13. The first-order chi connectivity index (χ1) is 16.1. The highest BCUT2D eigenvalue weighted by atomic mass is 33.2. The Hall–Kier alpha value is 1.32. The van der Waals surface area contributed by atoms with Gasteiger partial charge < -0.3 is 0 Å². The lowest BCUT2D eigenvalue weighted by Crippen LogP contribution is -2.36.